The Morgan fingerprint density at radius 3 is 2.76 bits per heavy atom. The molecule has 1 N–H and O–H groups in total. The van der Waals surface area contributed by atoms with Crippen molar-refractivity contribution in [2.45, 2.75) is 20.3 Å². The molecule has 0 bridgehead atoms. The summed E-state index contributed by atoms with van der Waals surface area (Å²) in [6, 6.07) is 4.62. The van der Waals surface area contributed by atoms with Crippen molar-refractivity contribution in [2.24, 2.45) is 11.8 Å². The minimum atomic E-state index is -0.241. The second kappa shape index (κ2) is 4.96. The molecular formula is C14H18FNO. The van der Waals surface area contributed by atoms with Crippen LogP contribution in [0.15, 0.2) is 18.2 Å². The molecule has 0 aliphatic carbocycles. The van der Waals surface area contributed by atoms with Crippen LogP contribution in [-0.2, 0) is 11.2 Å². The molecule has 17 heavy (non-hydrogen) atoms. The molecule has 0 spiro atoms. The third-order valence-electron chi connectivity index (χ3n) is 3.70. The van der Waals surface area contributed by atoms with Crippen LogP contribution in [0, 0.1) is 24.6 Å². The van der Waals surface area contributed by atoms with Crippen LogP contribution in [0.2, 0.25) is 0 Å². The topological polar surface area (TPSA) is 29.1 Å². The second-order valence-electron chi connectivity index (χ2n) is 4.92. The quantitative estimate of drug-likeness (QED) is 0.866. The molecule has 1 aliphatic rings. The number of aryl methyl sites for hydroxylation is 1. The average molecular weight is 235 g/mol. The van der Waals surface area contributed by atoms with E-state index in [0.717, 1.165) is 24.2 Å². The first-order chi connectivity index (χ1) is 8.08. The Hall–Kier alpha value is -1.22. The molecular weight excluding hydrogens is 217 g/mol. The number of carbonyl (C=O) groups excluding carboxylic acids is 1. The molecule has 3 heteroatoms. The lowest BCUT2D eigenvalue weighted by atomic mass is 9.83. The molecule has 1 unspecified atom stereocenters. The van der Waals surface area contributed by atoms with Crippen molar-refractivity contribution >= 4 is 5.78 Å². The van der Waals surface area contributed by atoms with Gasteiger partial charge in [0.2, 0.25) is 0 Å². The zero-order valence-corrected chi connectivity index (χ0v) is 10.3. The van der Waals surface area contributed by atoms with Crippen molar-refractivity contribution in [3.05, 3.63) is 35.1 Å². The second-order valence-corrected chi connectivity index (χ2v) is 4.92. The van der Waals surface area contributed by atoms with E-state index in [4.69, 9.17) is 0 Å². The van der Waals surface area contributed by atoms with Crippen LogP contribution in [-0.4, -0.2) is 18.9 Å². The summed E-state index contributed by atoms with van der Waals surface area (Å²) in [5, 5.41) is 3.18. The predicted molar refractivity (Wildman–Crippen MR) is 65.4 cm³/mol. The molecule has 1 aromatic carbocycles. The summed E-state index contributed by atoms with van der Waals surface area (Å²) in [4.78, 5) is 12.1. The van der Waals surface area contributed by atoms with Gasteiger partial charge in [-0.3, -0.25) is 4.79 Å². The van der Waals surface area contributed by atoms with Gasteiger partial charge in [0.1, 0.15) is 11.6 Å². The summed E-state index contributed by atoms with van der Waals surface area (Å²) in [5.41, 5.74) is 1.80. The Morgan fingerprint density at radius 2 is 2.24 bits per heavy atom. The highest BCUT2D eigenvalue weighted by molar-refractivity contribution is 5.83. The van der Waals surface area contributed by atoms with E-state index in [2.05, 4.69) is 5.32 Å². The first kappa shape index (κ1) is 12.2. The average Bonchev–Trinajstić information content (AvgIpc) is 2.19. The number of hydrogen-bond acceptors (Lipinski definition) is 2. The van der Waals surface area contributed by atoms with Crippen LogP contribution in [0.4, 0.5) is 4.39 Å². The van der Waals surface area contributed by atoms with Gasteiger partial charge in [-0.1, -0.05) is 13.0 Å². The molecule has 92 valence electrons. The van der Waals surface area contributed by atoms with Crippen LogP contribution in [0.5, 0.6) is 0 Å². The van der Waals surface area contributed by atoms with Crippen molar-refractivity contribution < 1.29 is 9.18 Å². The van der Waals surface area contributed by atoms with Gasteiger partial charge in [-0.15, -0.1) is 0 Å². The van der Waals surface area contributed by atoms with Crippen LogP contribution in [0.1, 0.15) is 18.1 Å². The first-order valence-electron chi connectivity index (χ1n) is 6.06. The van der Waals surface area contributed by atoms with Gasteiger partial charge in [-0.25, -0.2) is 4.39 Å². The van der Waals surface area contributed by atoms with E-state index in [9.17, 15) is 9.18 Å². The lowest BCUT2D eigenvalue weighted by molar-refractivity contribution is -0.123. The van der Waals surface area contributed by atoms with Crippen LogP contribution in [0.25, 0.3) is 0 Å². The van der Waals surface area contributed by atoms with Crippen molar-refractivity contribution in [1.82, 2.24) is 5.32 Å². The SMILES string of the molecule is Cc1cc(F)ccc1CC(=O)C(C)C1CNC1. The maximum absolute atomic E-state index is 12.9. The lowest BCUT2D eigenvalue weighted by Crippen LogP contribution is -2.47. The highest BCUT2D eigenvalue weighted by atomic mass is 19.1. The molecule has 2 rings (SSSR count). The molecule has 0 aromatic heterocycles. The smallest absolute Gasteiger partial charge is 0.140 e. The normalized spacial score (nSPS) is 17.6. The Labute approximate surface area is 101 Å². The molecule has 0 amide bonds. The Morgan fingerprint density at radius 1 is 1.53 bits per heavy atom. The molecule has 0 radical (unpaired) electrons. The minimum absolute atomic E-state index is 0.0979. The standard InChI is InChI=1S/C14H18FNO/c1-9-5-13(15)4-3-11(9)6-14(17)10(2)12-7-16-8-12/h3-5,10,12,16H,6-8H2,1-2H3. The number of rotatable bonds is 4. The third-order valence-corrected chi connectivity index (χ3v) is 3.70. The van der Waals surface area contributed by atoms with E-state index in [1.54, 1.807) is 6.07 Å². The molecule has 1 aliphatic heterocycles. The highest BCUT2D eigenvalue weighted by Crippen LogP contribution is 2.20. The Bertz CT molecular complexity index is 426. The van der Waals surface area contributed by atoms with E-state index < -0.39 is 0 Å². The van der Waals surface area contributed by atoms with Gasteiger partial charge in [0, 0.05) is 12.3 Å². The van der Waals surface area contributed by atoms with E-state index in [1.807, 2.05) is 13.8 Å². The molecule has 1 atom stereocenters. The zero-order valence-electron chi connectivity index (χ0n) is 10.3. The van der Waals surface area contributed by atoms with Gasteiger partial charge in [0.05, 0.1) is 0 Å². The van der Waals surface area contributed by atoms with E-state index in [-0.39, 0.29) is 17.5 Å². The van der Waals surface area contributed by atoms with Crippen LogP contribution in [0.3, 0.4) is 0 Å². The Kier molecular flexibility index (Phi) is 3.57. The van der Waals surface area contributed by atoms with Gasteiger partial charge in [-0.2, -0.15) is 0 Å². The molecule has 1 fully saturated rings. The van der Waals surface area contributed by atoms with Gasteiger partial charge >= 0.3 is 0 Å². The molecule has 1 aromatic rings. The van der Waals surface area contributed by atoms with E-state index in [0.29, 0.717) is 12.3 Å². The summed E-state index contributed by atoms with van der Waals surface area (Å²) in [5.74, 6) is 0.588. The van der Waals surface area contributed by atoms with Crippen molar-refractivity contribution in [3.8, 4) is 0 Å². The van der Waals surface area contributed by atoms with Crippen molar-refractivity contribution in [3.63, 3.8) is 0 Å². The third kappa shape index (κ3) is 2.72. The molecule has 2 nitrogen and oxygen atoms in total. The Balaban J connectivity index is 2.02. The number of benzene rings is 1. The molecule has 0 saturated carbocycles. The first-order valence-corrected chi connectivity index (χ1v) is 6.06. The summed E-state index contributed by atoms with van der Waals surface area (Å²) >= 11 is 0. The van der Waals surface area contributed by atoms with Gasteiger partial charge in [0.15, 0.2) is 0 Å². The summed E-state index contributed by atoms with van der Waals surface area (Å²) in [6.45, 7) is 5.72. The number of Topliss-reactive ketones (excluding diaryl/α,β-unsaturated/α-hetero) is 1. The largest absolute Gasteiger partial charge is 0.316 e. The minimum Gasteiger partial charge on any atom is -0.316 e. The summed E-state index contributed by atoms with van der Waals surface area (Å²) in [7, 11) is 0. The maximum Gasteiger partial charge on any atom is 0.140 e. The molecule has 1 saturated heterocycles. The predicted octanol–water partition coefficient (Wildman–Crippen LogP) is 2.10. The maximum atomic E-state index is 12.9. The lowest BCUT2D eigenvalue weighted by Gasteiger charge is -2.31. The van der Waals surface area contributed by atoms with Crippen molar-refractivity contribution in [1.29, 1.82) is 0 Å². The number of carbonyl (C=O) groups is 1. The number of nitrogens with one attached hydrogen (secondary N) is 1. The fraction of sp³-hybridized carbons (Fsp3) is 0.500. The number of ketones is 1. The highest BCUT2D eigenvalue weighted by Gasteiger charge is 2.28. The fourth-order valence-electron chi connectivity index (χ4n) is 2.13. The number of halogens is 1. The van der Waals surface area contributed by atoms with E-state index >= 15 is 0 Å². The molecule has 1 heterocycles. The zero-order chi connectivity index (χ0) is 12.4. The van der Waals surface area contributed by atoms with E-state index in [1.165, 1.54) is 12.1 Å². The van der Waals surface area contributed by atoms with Crippen molar-refractivity contribution in [2.75, 3.05) is 13.1 Å². The van der Waals surface area contributed by atoms with Gasteiger partial charge in [-0.05, 0) is 49.2 Å². The van der Waals surface area contributed by atoms with Gasteiger partial charge in [0.25, 0.3) is 0 Å². The number of hydrogen-bond donors (Lipinski definition) is 1. The van der Waals surface area contributed by atoms with Crippen LogP contribution < -0.4 is 5.32 Å². The fourth-order valence-corrected chi connectivity index (χ4v) is 2.13. The van der Waals surface area contributed by atoms with Crippen LogP contribution >= 0.6 is 0 Å². The summed E-state index contributed by atoms with van der Waals surface area (Å²) < 4.78 is 12.9. The monoisotopic (exact) mass is 235 g/mol. The van der Waals surface area contributed by atoms with Gasteiger partial charge < -0.3 is 5.32 Å². The summed E-state index contributed by atoms with van der Waals surface area (Å²) in [6.07, 6.45) is 0.420.